The maximum absolute atomic E-state index is 14.1. The molecule has 3 N–H and O–H groups in total. The van der Waals surface area contributed by atoms with Crippen molar-refractivity contribution in [3.8, 4) is 0 Å². The lowest BCUT2D eigenvalue weighted by atomic mass is 10.00. The van der Waals surface area contributed by atoms with E-state index in [4.69, 9.17) is 5.73 Å². The van der Waals surface area contributed by atoms with Crippen LogP contribution in [0.3, 0.4) is 0 Å². The summed E-state index contributed by atoms with van der Waals surface area (Å²) in [5.41, 5.74) is 6.51. The number of anilines is 1. The van der Waals surface area contributed by atoms with E-state index >= 15 is 0 Å². The molecule has 106 valence electrons. The summed E-state index contributed by atoms with van der Waals surface area (Å²) in [4.78, 5) is 1.80. The quantitative estimate of drug-likeness (QED) is 0.880. The topological polar surface area (TPSA) is 49.5 Å². The first-order chi connectivity index (χ1) is 8.93. The van der Waals surface area contributed by atoms with Crippen molar-refractivity contribution in [3.63, 3.8) is 0 Å². The molecule has 1 aliphatic carbocycles. The van der Waals surface area contributed by atoms with E-state index in [2.05, 4.69) is 0 Å². The number of nitrogens with zero attached hydrogens (tertiary/aromatic N) is 1. The zero-order chi connectivity index (χ0) is 14.0. The van der Waals surface area contributed by atoms with Gasteiger partial charge >= 0.3 is 0 Å². The monoisotopic (exact) mass is 266 g/mol. The lowest BCUT2D eigenvalue weighted by Crippen LogP contribution is -2.40. The fourth-order valence-corrected chi connectivity index (χ4v) is 3.01. The number of benzene rings is 1. The van der Waals surface area contributed by atoms with E-state index in [1.54, 1.807) is 11.0 Å². The third-order valence-electron chi connectivity index (χ3n) is 3.96. The predicted octanol–water partition coefficient (Wildman–Crippen LogP) is 2.59. The molecular formula is C15H23FN2O. The summed E-state index contributed by atoms with van der Waals surface area (Å²) in [7, 11) is 1.82. The van der Waals surface area contributed by atoms with Crippen LogP contribution in [0.15, 0.2) is 18.2 Å². The van der Waals surface area contributed by atoms with Crippen LogP contribution in [0, 0.1) is 5.82 Å². The molecule has 0 spiro atoms. The summed E-state index contributed by atoms with van der Waals surface area (Å²) in [6, 6.07) is 4.73. The molecule has 3 nitrogen and oxygen atoms in total. The van der Waals surface area contributed by atoms with Gasteiger partial charge in [-0.05, 0) is 31.4 Å². The van der Waals surface area contributed by atoms with Crippen molar-refractivity contribution in [2.24, 2.45) is 5.73 Å². The average molecular weight is 266 g/mol. The second-order valence-electron chi connectivity index (χ2n) is 5.75. The number of hydrogen-bond acceptors (Lipinski definition) is 3. The van der Waals surface area contributed by atoms with Crippen LogP contribution in [0.4, 0.5) is 10.1 Å². The Morgan fingerprint density at radius 3 is 2.63 bits per heavy atom. The summed E-state index contributed by atoms with van der Waals surface area (Å²) < 4.78 is 14.1. The van der Waals surface area contributed by atoms with Crippen molar-refractivity contribution in [3.05, 3.63) is 29.6 Å². The number of hydrogen-bond donors (Lipinski definition) is 2. The standard InChI is InChI=1S/C15H23FN2O/c1-11(17)12-6-5-7-13(16)14(12)18(2)10-15(19)8-3-4-9-15/h5-7,11,19H,3-4,8-10,17H2,1-2H3/t11-/m1/s1. The predicted molar refractivity (Wildman–Crippen MR) is 75.7 cm³/mol. The van der Waals surface area contributed by atoms with Crippen molar-refractivity contribution >= 4 is 5.69 Å². The van der Waals surface area contributed by atoms with Gasteiger partial charge in [-0.25, -0.2) is 4.39 Å². The van der Waals surface area contributed by atoms with Crippen molar-refractivity contribution in [1.29, 1.82) is 0 Å². The molecule has 0 radical (unpaired) electrons. The summed E-state index contributed by atoms with van der Waals surface area (Å²) >= 11 is 0. The first-order valence-electron chi connectivity index (χ1n) is 6.90. The first kappa shape index (κ1) is 14.3. The van der Waals surface area contributed by atoms with Gasteiger partial charge in [0.1, 0.15) is 5.82 Å². The molecule has 4 heteroatoms. The smallest absolute Gasteiger partial charge is 0.146 e. The van der Waals surface area contributed by atoms with Gasteiger partial charge in [-0.1, -0.05) is 25.0 Å². The molecule has 1 saturated carbocycles. The molecule has 1 aromatic carbocycles. The summed E-state index contributed by atoms with van der Waals surface area (Å²) in [5.74, 6) is -0.279. The first-order valence-corrected chi connectivity index (χ1v) is 6.90. The van der Waals surface area contributed by atoms with Crippen LogP contribution in [0.25, 0.3) is 0 Å². The Bertz CT molecular complexity index is 442. The van der Waals surface area contributed by atoms with E-state index < -0.39 is 5.60 Å². The number of halogens is 1. The molecule has 0 aromatic heterocycles. The highest BCUT2D eigenvalue weighted by Crippen LogP contribution is 2.33. The molecule has 1 atom stereocenters. The fourth-order valence-electron chi connectivity index (χ4n) is 3.01. The van der Waals surface area contributed by atoms with Crippen molar-refractivity contribution < 1.29 is 9.50 Å². The third-order valence-corrected chi connectivity index (χ3v) is 3.96. The maximum atomic E-state index is 14.1. The summed E-state index contributed by atoms with van der Waals surface area (Å²) in [6.07, 6.45) is 3.67. The zero-order valence-electron chi connectivity index (χ0n) is 11.7. The van der Waals surface area contributed by atoms with Gasteiger partial charge in [0.05, 0.1) is 11.3 Å². The molecule has 0 amide bonds. The van der Waals surface area contributed by atoms with E-state index in [1.807, 2.05) is 20.0 Å². The molecule has 0 saturated heterocycles. The van der Waals surface area contributed by atoms with Crippen LogP contribution in [-0.2, 0) is 0 Å². The van der Waals surface area contributed by atoms with Crippen molar-refractivity contribution in [2.75, 3.05) is 18.5 Å². The Kier molecular flexibility index (Phi) is 4.11. The van der Waals surface area contributed by atoms with Gasteiger partial charge in [0.2, 0.25) is 0 Å². The van der Waals surface area contributed by atoms with E-state index in [-0.39, 0.29) is 11.9 Å². The highest BCUT2D eigenvalue weighted by atomic mass is 19.1. The van der Waals surface area contributed by atoms with Crippen LogP contribution < -0.4 is 10.6 Å². The SMILES string of the molecule is C[C@@H](N)c1cccc(F)c1N(C)CC1(O)CCCC1. The van der Waals surface area contributed by atoms with Gasteiger partial charge in [-0.3, -0.25) is 0 Å². The number of nitrogens with two attached hydrogens (primary N) is 1. The number of para-hydroxylation sites is 1. The molecule has 1 aliphatic rings. The molecule has 1 aromatic rings. The van der Waals surface area contributed by atoms with Crippen molar-refractivity contribution in [2.45, 2.75) is 44.2 Å². The molecule has 19 heavy (non-hydrogen) atoms. The number of rotatable bonds is 4. The van der Waals surface area contributed by atoms with E-state index in [0.717, 1.165) is 31.2 Å². The molecule has 0 bridgehead atoms. The molecule has 1 fully saturated rings. The zero-order valence-corrected chi connectivity index (χ0v) is 11.7. The minimum Gasteiger partial charge on any atom is -0.388 e. The minimum absolute atomic E-state index is 0.230. The highest BCUT2D eigenvalue weighted by Gasteiger charge is 2.33. The summed E-state index contributed by atoms with van der Waals surface area (Å²) in [5, 5.41) is 10.4. The molecule has 2 rings (SSSR count). The fraction of sp³-hybridized carbons (Fsp3) is 0.600. The Labute approximate surface area is 114 Å². The molecule has 0 heterocycles. The summed E-state index contributed by atoms with van der Waals surface area (Å²) in [6.45, 7) is 2.30. The van der Waals surface area contributed by atoms with Crippen LogP contribution in [-0.4, -0.2) is 24.3 Å². The van der Waals surface area contributed by atoms with E-state index in [0.29, 0.717) is 12.2 Å². The second-order valence-corrected chi connectivity index (χ2v) is 5.75. The lowest BCUT2D eigenvalue weighted by molar-refractivity contribution is 0.0558. The Morgan fingerprint density at radius 1 is 1.42 bits per heavy atom. The average Bonchev–Trinajstić information content (AvgIpc) is 2.74. The van der Waals surface area contributed by atoms with Gasteiger partial charge in [-0.15, -0.1) is 0 Å². The van der Waals surface area contributed by atoms with Crippen LogP contribution in [0.2, 0.25) is 0 Å². The number of aliphatic hydroxyl groups is 1. The van der Waals surface area contributed by atoms with Crippen LogP contribution >= 0.6 is 0 Å². The normalized spacial score (nSPS) is 19.4. The van der Waals surface area contributed by atoms with Crippen LogP contribution in [0.1, 0.15) is 44.2 Å². The van der Waals surface area contributed by atoms with Crippen LogP contribution in [0.5, 0.6) is 0 Å². The van der Waals surface area contributed by atoms with E-state index in [1.165, 1.54) is 6.07 Å². The maximum Gasteiger partial charge on any atom is 0.146 e. The highest BCUT2D eigenvalue weighted by molar-refractivity contribution is 5.55. The molecule has 0 aliphatic heterocycles. The van der Waals surface area contributed by atoms with Gasteiger partial charge < -0.3 is 15.7 Å². The lowest BCUT2D eigenvalue weighted by Gasteiger charge is -2.32. The number of likely N-dealkylation sites (N-methyl/N-ethyl adjacent to an activating group) is 1. The van der Waals surface area contributed by atoms with Crippen molar-refractivity contribution in [1.82, 2.24) is 0 Å². The largest absolute Gasteiger partial charge is 0.388 e. The second kappa shape index (κ2) is 5.47. The Hall–Kier alpha value is -1.13. The molecular weight excluding hydrogens is 243 g/mol. The third kappa shape index (κ3) is 3.07. The molecule has 0 unspecified atom stereocenters. The minimum atomic E-state index is -0.688. The van der Waals surface area contributed by atoms with Gasteiger partial charge in [-0.2, -0.15) is 0 Å². The van der Waals surface area contributed by atoms with Gasteiger partial charge in [0.15, 0.2) is 0 Å². The Morgan fingerprint density at radius 2 is 2.05 bits per heavy atom. The van der Waals surface area contributed by atoms with Gasteiger partial charge in [0.25, 0.3) is 0 Å². The van der Waals surface area contributed by atoms with E-state index in [9.17, 15) is 9.50 Å². The van der Waals surface area contributed by atoms with Gasteiger partial charge in [0, 0.05) is 19.6 Å². The Balaban J connectivity index is 2.25.